The van der Waals surface area contributed by atoms with Gasteiger partial charge in [-0.05, 0) is 19.1 Å². The first kappa shape index (κ1) is 18.2. The first-order valence-electron chi connectivity index (χ1n) is 5.05. The van der Waals surface area contributed by atoms with Crippen molar-refractivity contribution < 1.29 is 21.6 Å². The van der Waals surface area contributed by atoms with E-state index in [-0.39, 0.29) is 19.0 Å². The van der Waals surface area contributed by atoms with Crippen LogP contribution in [-0.4, -0.2) is 32.4 Å². The molecular weight excluding hydrogens is 305 g/mol. The summed E-state index contributed by atoms with van der Waals surface area (Å²) in [5, 5.41) is 0. The Bertz CT molecular complexity index is 554. The fourth-order valence-electron chi connectivity index (χ4n) is 1.25. The van der Waals surface area contributed by atoms with Gasteiger partial charge < -0.3 is 5.73 Å². The summed E-state index contributed by atoms with van der Waals surface area (Å²) in [6.07, 6.45) is 0. The fraction of sp³-hybridized carbons (Fsp3) is 0.400. The van der Waals surface area contributed by atoms with Crippen molar-refractivity contribution in [2.45, 2.75) is 17.9 Å². The Balaban J connectivity index is 0.00000324. The molecule has 0 aromatic heterocycles. The normalized spacial score (nSPS) is 13.2. The molecule has 0 saturated carbocycles. The maximum absolute atomic E-state index is 13.4. The molecule has 1 rings (SSSR count). The molecule has 0 saturated heterocycles. The van der Waals surface area contributed by atoms with E-state index < -0.39 is 38.4 Å². The second-order valence-electron chi connectivity index (χ2n) is 3.78. The zero-order valence-electron chi connectivity index (χ0n) is 10.2. The molecule has 0 aliphatic carbocycles. The lowest BCUT2D eigenvalue weighted by Gasteiger charge is -2.23. The molecule has 110 valence electrons. The summed E-state index contributed by atoms with van der Waals surface area (Å²) in [5.41, 5.74) is 5.31. The SMILES string of the molecule is CC(CN)N(C)S(=O)(=O)c1ccc(F)c(F)c1F.Cl. The van der Waals surface area contributed by atoms with Crippen molar-refractivity contribution in [1.29, 1.82) is 0 Å². The van der Waals surface area contributed by atoms with Gasteiger partial charge in [-0.15, -0.1) is 12.4 Å². The molecule has 0 amide bonds. The Hall–Kier alpha value is -0.830. The van der Waals surface area contributed by atoms with Gasteiger partial charge in [-0.1, -0.05) is 0 Å². The molecule has 0 radical (unpaired) electrons. The highest BCUT2D eigenvalue weighted by molar-refractivity contribution is 7.89. The van der Waals surface area contributed by atoms with Gasteiger partial charge in [-0.2, -0.15) is 4.31 Å². The predicted octanol–water partition coefficient (Wildman–Crippen LogP) is 1.49. The minimum absolute atomic E-state index is 0. The van der Waals surface area contributed by atoms with Gasteiger partial charge in [-0.25, -0.2) is 21.6 Å². The van der Waals surface area contributed by atoms with Gasteiger partial charge in [0.2, 0.25) is 10.0 Å². The van der Waals surface area contributed by atoms with E-state index in [1.165, 1.54) is 14.0 Å². The van der Waals surface area contributed by atoms with E-state index in [4.69, 9.17) is 5.73 Å². The van der Waals surface area contributed by atoms with Crippen LogP contribution in [0.2, 0.25) is 0 Å². The second kappa shape index (κ2) is 6.56. The Morgan fingerprint density at radius 2 is 1.79 bits per heavy atom. The zero-order chi connectivity index (χ0) is 14.1. The number of nitrogens with two attached hydrogens (primary N) is 1. The standard InChI is InChI=1S/C10H13F3N2O2S.ClH/c1-6(5-14)15(2)18(16,17)8-4-3-7(11)9(12)10(8)13;/h3-4,6H,5,14H2,1-2H3;1H. The van der Waals surface area contributed by atoms with Crippen molar-refractivity contribution in [1.82, 2.24) is 4.31 Å². The quantitative estimate of drug-likeness (QED) is 0.856. The molecule has 0 spiro atoms. The molecule has 0 bridgehead atoms. The molecule has 1 unspecified atom stereocenters. The van der Waals surface area contributed by atoms with Crippen LogP contribution in [0.4, 0.5) is 13.2 Å². The van der Waals surface area contributed by atoms with Crippen LogP contribution >= 0.6 is 12.4 Å². The highest BCUT2D eigenvalue weighted by Crippen LogP contribution is 2.23. The Morgan fingerprint density at radius 3 is 2.26 bits per heavy atom. The Labute approximate surface area is 115 Å². The number of likely N-dealkylation sites (N-methyl/N-ethyl adjacent to an activating group) is 1. The predicted molar refractivity (Wildman–Crippen MR) is 67.0 cm³/mol. The van der Waals surface area contributed by atoms with E-state index in [1.54, 1.807) is 0 Å². The third kappa shape index (κ3) is 3.38. The van der Waals surface area contributed by atoms with E-state index in [0.717, 1.165) is 4.31 Å². The Morgan fingerprint density at radius 1 is 1.26 bits per heavy atom. The first-order valence-corrected chi connectivity index (χ1v) is 6.49. The smallest absolute Gasteiger partial charge is 0.246 e. The molecule has 19 heavy (non-hydrogen) atoms. The Kier molecular flexibility index (Phi) is 6.27. The third-order valence-corrected chi connectivity index (χ3v) is 4.61. The van der Waals surface area contributed by atoms with E-state index in [2.05, 4.69) is 0 Å². The lowest BCUT2D eigenvalue weighted by molar-refractivity contribution is 0.385. The summed E-state index contributed by atoms with van der Waals surface area (Å²) in [5.74, 6) is -4.99. The third-order valence-electron chi connectivity index (χ3n) is 2.62. The molecule has 1 aromatic carbocycles. The average molecular weight is 319 g/mol. The first-order chi connectivity index (χ1) is 8.23. The van der Waals surface area contributed by atoms with Crippen LogP contribution in [-0.2, 0) is 10.0 Å². The minimum Gasteiger partial charge on any atom is -0.329 e. The summed E-state index contributed by atoms with van der Waals surface area (Å²) in [6, 6.07) is 0.650. The van der Waals surface area contributed by atoms with Crippen molar-refractivity contribution in [3.63, 3.8) is 0 Å². The average Bonchev–Trinajstić information content (AvgIpc) is 2.33. The number of nitrogens with zero attached hydrogens (tertiary/aromatic N) is 1. The molecule has 9 heteroatoms. The lowest BCUT2D eigenvalue weighted by atomic mass is 10.3. The van der Waals surface area contributed by atoms with Crippen LogP contribution in [0, 0.1) is 17.5 Å². The van der Waals surface area contributed by atoms with Crippen molar-refractivity contribution in [3.8, 4) is 0 Å². The molecule has 2 N–H and O–H groups in total. The van der Waals surface area contributed by atoms with Crippen molar-refractivity contribution in [2.75, 3.05) is 13.6 Å². The van der Waals surface area contributed by atoms with Gasteiger partial charge in [0.25, 0.3) is 0 Å². The van der Waals surface area contributed by atoms with Crippen LogP contribution in [0.15, 0.2) is 17.0 Å². The van der Waals surface area contributed by atoms with Crippen LogP contribution in [0.1, 0.15) is 6.92 Å². The van der Waals surface area contributed by atoms with Crippen LogP contribution in [0.25, 0.3) is 0 Å². The van der Waals surface area contributed by atoms with Gasteiger partial charge in [-0.3, -0.25) is 0 Å². The number of hydrogen-bond acceptors (Lipinski definition) is 3. The topological polar surface area (TPSA) is 63.4 Å². The van der Waals surface area contributed by atoms with Gasteiger partial charge in [0, 0.05) is 19.6 Å². The highest BCUT2D eigenvalue weighted by Gasteiger charge is 2.29. The summed E-state index contributed by atoms with van der Waals surface area (Å²) in [7, 11) is -3.06. The second-order valence-corrected chi connectivity index (χ2v) is 5.75. The molecule has 1 atom stereocenters. The van der Waals surface area contributed by atoms with Crippen LogP contribution in [0.5, 0.6) is 0 Å². The summed E-state index contributed by atoms with van der Waals surface area (Å²) in [6.45, 7) is 1.52. The van der Waals surface area contributed by atoms with E-state index >= 15 is 0 Å². The summed E-state index contributed by atoms with van der Waals surface area (Å²) < 4.78 is 63.9. The summed E-state index contributed by atoms with van der Waals surface area (Å²) in [4.78, 5) is -0.913. The van der Waals surface area contributed by atoms with Gasteiger partial charge in [0.1, 0.15) is 4.90 Å². The monoisotopic (exact) mass is 318 g/mol. The van der Waals surface area contributed by atoms with Crippen molar-refractivity contribution >= 4 is 22.4 Å². The lowest BCUT2D eigenvalue weighted by Crippen LogP contribution is -2.40. The zero-order valence-corrected chi connectivity index (χ0v) is 11.9. The number of halogens is 4. The number of rotatable bonds is 4. The van der Waals surface area contributed by atoms with Gasteiger partial charge >= 0.3 is 0 Å². The molecule has 0 aliphatic heterocycles. The number of benzene rings is 1. The molecular formula is C10H14ClF3N2O2S. The van der Waals surface area contributed by atoms with Gasteiger partial charge in [0.05, 0.1) is 0 Å². The minimum atomic E-state index is -4.25. The molecule has 1 aromatic rings. The van der Waals surface area contributed by atoms with Gasteiger partial charge in [0.15, 0.2) is 17.5 Å². The summed E-state index contributed by atoms with van der Waals surface area (Å²) >= 11 is 0. The van der Waals surface area contributed by atoms with E-state index in [0.29, 0.717) is 12.1 Å². The van der Waals surface area contributed by atoms with E-state index in [9.17, 15) is 21.6 Å². The largest absolute Gasteiger partial charge is 0.329 e. The van der Waals surface area contributed by atoms with Crippen LogP contribution in [0.3, 0.4) is 0 Å². The molecule has 0 fully saturated rings. The maximum atomic E-state index is 13.4. The number of sulfonamides is 1. The molecule has 0 aliphatic rings. The fourth-order valence-corrected chi connectivity index (χ4v) is 2.67. The maximum Gasteiger partial charge on any atom is 0.246 e. The number of hydrogen-bond donors (Lipinski definition) is 1. The van der Waals surface area contributed by atoms with Crippen molar-refractivity contribution in [3.05, 3.63) is 29.6 Å². The highest BCUT2D eigenvalue weighted by atomic mass is 35.5. The van der Waals surface area contributed by atoms with Crippen molar-refractivity contribution in [2.24, 2.45) is 5.73 Å². The molecule has 0 heterocycles. The van der Waals surface area contributed by atoms with E-state index in [1.807, 2.05) is 0 Å². The van der Waals surface area contributed by atoms with Crippen LogP contribution < -0.4 is 5.73 Å². The molecule has 4 nitrogen and oxygen atoms in total.